The van der Waals surface area contributed by atoms with Gasteiger partial charge in [0.15, 0.2) is 0 Å². The number of morpholine rings is 1. The summed E-state index contributed by atoms with van der Waals surface area (Å²) in [4.78, 5) is 19.3. The normalized spacial score (nSPS) is 26.8. The van der Waals surface area contributed by atoms with Gasteiger partial charge in [-0.05, 0) is 25.0 Å². The third-order valence-corrected chi connectivity index (χ3v) is 4.50. The van der Waals surface area contributed by atoms with Crippen molar-refractivity contribution in [1.82, 2.24) is 19.9 Å². The quantitative estimate of drug-likeness (QED) is 0.843. The highest BCUT2D eigenvalue weighted by molar-refractivity contribution is 5.33. The van der Waals surface area contributed by atoms with Crippen molar-refractivity contribution < 1.29 is 9.47 Å². The van der Waals surface area contributed by atoms with E-state index < -0.39 is 0 Å². The zero-order valence-corrected chi connectivity index (χ0v) is 12.8. The summed E-state index contributed by atoms with van der Waals surface area (Å²) in [5, 5.41) is 0. The highest BCUT2D eigenvalue weighted by Crippen LogP contribution is 2.36. The van der Waals surface area contributed by atoms with E-state index in [-0.39, 0.29) is 6.10 Å². The summed E-state index contributed by atoms with van der Waals surface area (Å²) in [6.07, 6.45) is 9.22. The van der Waals surface area contributed by atoms with Gasteiger partial charge in [-0.1, -0.05) is 0 Å². The molecule has 120 valence electrons. The minimum absolute atomic E-state index is 0.149. The fourth-order valence-corrected chi connectivity index (χ4v) is 3.47. The van der Waals surface area contributed by atoms with Crippen molar-refractivity contribution >= 4 is 5.95 Å². The summed E-state index contributed by atoms with van der Waals surface area (Å²) in [6.45, 7) is 2.10. The van der Waals surface area contributed by atoms with Crippen molar-refractivity contribution in [2.24, 2.45) is 5.92 Å². The standard InChI is InChI=1S/C16H19N5O2/c1-5-17-15(18-6-1)21-9-10-22-14-12(3-4-13(14)21)11-23-16-19-7-2-8-20-16/h1-2,5-8,12-14H,3-4,9-11H2/t12-,13+,14-/m0/s1. The molecule has 23 heavy (non-hydrogen) atoms. The molecule has 1 saturated heterocycles. The number of aromatic nitrogens is 4. The van der Waals surface area contributed by atoms with E-state index in [1.807, 2.05) is 6.07 Å². The summed E-state index contributed by atoms with van der Waals surface area (Å²) >= 11 is 0. The Morgan fingerprint density at radius 1 is 1.04 bits per heavy atom. The number of ether oxygens (including phenoxy) is 2. The van der Waals surface area contributed by atoms with E-state index in [0.717, 1.165) is 25.3 Å². The molecule has 0 amide bonds. The molecule has 4 rings (SSSR count). The lowest BCUT2D eigenvalue weighted by atomic mass is 10.0. The number of rotatable bonds is 4. The maximum absolute atomic E-state index is 6.04. The van der Waals surface area contributed by atoms with Gasteiger partial charge in [-0.15, -0.1) is 0 Å². The predicted octanol–water partition coefficient (Wildman–Crippen LogP) is 1.33. The highest BCUT2D eigenvalue weighted by atomic mass is 16.5. The van der Waals surface area contributed by atoms with Crippen molar-refractivity contribution in [1.29, 1.82) is 0 Å². The van der Waals surface area contributed by atoms with Crippen LogP contribution in [0.5, 0.6) is 6.01 Å². The van der Waals surface area contributed by atoms with Crippen molar-refractivity contribution in [3.63, 3.8) is 0 Å². The zero-order valence-electron chi connectivity index (χ0n) is 12.8. The maximum atomic E-state index is 6.04. The van der Waals surface area contributed by atoms with Crippen LogP contribution < -0.4 is 9.64 Å². The van der Waals surface area contributed by atoms with Crippen LogP contribution in [0.2, 0.25) is 0 Å². The zero-order chi connectivity index (χ0) is 15.5. The molecule has 2 aliphatic rings. The second-order valence-electron chi connectivity index (χ2n) is 5.82. The van der Waals surface area contributed by atoms with Gasteiger partial charge in [-0.2, -0.15) is 0 Å². The molecule has 0 radical (unpaired) electrons. The molecule has 1 saturated carbocycles. The molecular weight excluding hydrogens is 294 g/mol. The van der Waals surface area contributed by atoms with Crippen LogP contribution >= 0.6 is 0 Å². The van der Waals surface area contributed by atoms with Crippen LogP contribution in [-0.2, 0) is 4.74 Å². The lowest BCUT2D eigenvalue weighted by Crippen LogP contribution is -2.51. The average Bonchev–Trinajstić information content (AvgIpc) is 3.05. The number of nitrogens with zero attached hydrogens (tertiary/aromatic N) is 5. The Labute approximate surface area is 134 Å². The molecule has 7 heteroatoms. The molecule has 2 aromatic heterocycles. The Kier molecular flexibility index (Phi) is 4.02. The van der Waals surface area contributed by atoms with E-state index in [9.17, 15) is 0 Å². The lowest BCUT2D eigenvalue weighted by Gasteiger charge is -2.39. The first-order chi connectivity index (χ1) is 11.4. The van der Waals surface area contributed by atoms with Crippen molar-refractivity contribution in [2.45, 2.75) is 25.0 Å². The van der Waals surface area contributed by atoms with E-state index in [1.165, 1.54) is 0 Å². The fraction of sp³-hybridized carbons (Fsp3) is 0.500. The summed E-state index contributed by atoms with van der Waals surface area (Å²) in [7, 11) is 0. The van der Waals surface area contributed by atoms with Crippen LogP contribution in [0.1, 0.15) is 12.8 Å². The van der Waals surface area contributed by atoms with E-state index in [1.54, 1.807) is 30.9 Å². The van der Waals surface area contributed by atoms with Crippen LogP contribution in [0.15, 0.2) is 36.9 Å². The van der Waals surface area contributed by atoms with Gasteiger partial charge >= 0.3 is 6.01 Å². The Morgan fingerprint density at radius 3 is 2.57 bits per heavy atom. The molecule has 0 aromatic carbocycles. The molecule has 1 aliphatic carbocycles. The Bertz CT molecular complexity index is 627. The van der Waals surface area contributed by atoms with Gasteiger partial charge < -0.3 is 14.4 Å². The SMILES string of the molecule is c1cnc(OC[C@@H]2CC[C@@H]3[C@H]2OCCN3c2ncccn2)nc1. The largest absolute Gasteiger partial charge is 0.463 e. The molecule has 2 fully saturated rings. The molecule has 0 spiro atoms. The van der Waals surface area contributed by atoms with Gasteiger partial charge in [-0.25, -0.2) is 19.9 Å². The van der Waals surface area contributed by atoms with Gasteiger partial charge in [0.1, 0.15) is 0 Å². The minimum atomic E-state index is 0.149. The monoisotopic (exact) mass is 313 g/mol. The second-order valence-corrected chi connectivity index (χ2v) is 5.82. The van der Waals surface area contributed by atoms with Gasteiger partial charge in [0.25, 0.3) is 0 Å². The molecule has 3 heterocycles. The first-order valence-electron chi connectivity index (χ1n) is 7.97. The second kappa shape index (κ2) is 6.45. The Morgan fingerprint density at radius 2 is 1.78 bits per heavy atom. The molecular formula is C16H19N5O2. The smallest absolute Gasteiger partial charge is 0.316 e. The minimum Gasteiger partial charge on any atom is -0.463 e. The average molecular weight is 313 g/mol. The molecule has 0 bridgehead atoms. The van der Waals surface area contributed by atoms with Crippen LogP contribution in [-0.4, -0.2) is 51.8 Å². The van der Waals surface area contributed by atoms with Crippen molar-refractivity contribution in [3.8, 4) is 6.01 Å². The Hall–Kier alpha value is -2.28. The maximum Gasteiger partial charge on any atom is 0.316 e. The molecule has 2 aromatic rings. The summed E-state index contributed by atoms with van der Waals surface area (Å²) in [6, 6.07) is 4.36. The van der Waals surface area contributed by atoms with E-state index in [4.69, 9.17) is 9.47 Å². The number of fused-ring (bicyclic) bond motifs is 1. The molecule has 0 N–H and O–H groups in total. The topological polar surface area (TPSA) is 73.3 Å². The summed E-state index contributed by atoms with van der Waals surface area (Å²) in [5.41, 5.74) is 0. The first kappa shape index (κ1) is 14.3. The van der Waals surface area contributed by atoms with Crippen LogP contribution in [0.3, 0.4) is 0 Å². The molecule has 7 nitrogen and oxygen atoms in total. The fourth-order valence-electron chi connectivity index (χ4n) is 3.47. The van der Waals surface area contributed by atoms with E-state index in [2.05, 4.69) is 24.8 Å². The predicted molar refractivity (Wildman–Crippen MR) is 83.2 cm³/mol. The molecule has 1 aliphatic heterocycles. The van der Waals surface area contributed by atoms with Gasteiger partial charge in [0.05, 0.1) is 25.4 Å². The van der Waals surface area contributed by atoms with E-state index >= 15 is 0 Å². The summed E-state index contributed by atoms with van der Waals surface area (Å²) < 4.78 is 11.8. The van der Waals surface area contributed by atoms with Crippen LogP contribution in [0, 0.1) is 5.92 Å². The molecule has 3 atom stereocenters. The number of hydrogen-bond donors (Lipinski definition) is 0. The third-order valence-electron chi connectivity index (χ3n) is 4.50. The van der Waals surface area contributed by atoms with Gasteiger partial charge in [0.2, 0.25) is 5.95 Å². The first-order valence-corrected chi connectivity index (χ1v) is 7.97. The highest BCUT2D eigenvalue weighted by Gasteiger charge is 2.43. The number of anilines is 1. The van der Waals surface area contributed by atoms with E-state index in [0.29, 0.717) is 31.2 Å². The molecule has 0 unspecified atom stereocenters. The summed E-state index contributed by atoms with van der Waals surface area (Å²) in [5.74, 6) is 1.13. The third kappa shape index (κ3) is 2.96. The van der Waals surface area contributed by atoms with Crippen LogP contribution in [0.25, 0.3) is 0 Å². The Balaban J connectivity index is 1.43. The van der Waals surface area contributed by atoms with Crippen LogP contribution in [0.4, 0.5) is 5.95 Å². The lowest BCUT2D eigenvalue weighted by molar-refractivity contribution is -0.0137. The van der Waals surface area contributed by atoms with Crippen molar-refractivity contribution in [2.75, 3.05) is 24.7 Å². The van der Waals surface area contributed by atoms with Crippen molar-refractivity contribution in [3.05, 3.63) is 36.9 Å². The van der Waals surface area contributed by atoms with Gasteiger partial charge in [-0.3, -0.25) is 0 Å². The number of hydrogen-bond acceptors (Lipinski definition) is 7. The van der Waals surface area contributed by atoms with Gasteiger partial charge in [0, 0.05) is 37.3 Å².